The van der Waals surface area contributed by atoms with E-state index in [0.717, 1.165) is 12.3 Å². The summed E-state index contributed by atoms with van der Waals surface area (Å²) >= 11 is 0. The molecule has 0 aliphatic rings. The topological polar surface area (TPSA) is 95.5 Å². The molecule has 1 rings (SSSR count). The van der Waals surface area contributed by atoms with E-state index < -0.39 is 33.3 Å². The smallest absolute Gasteiger partial charge is 0.417 e. The highest BCUT2D eigenvalue weighted by molar-refractivity contribution is 7.88. The van der Waals surface area contributed by atoms with Crippen molar-refractivity contribution in [2.75, 3.05) is 24.7 Å². The van der Waals surface area contributed by atoms with Gasteiger partial charge in [-0.15, -0.1) is 0 Å². The maximum absolute atomic E-state index is 12.8. The number of carboxylic acids is 1. The van der Waals surface area contributed by atoms with Crippen molar-refractivity contribution in [3.8, 4) is 0 Å². The van der Waals surface area contributed by atoms with Gasteiger partial charge in [0, 0.05) is 18.8 Å². The van der Waals surface area contributed by atoms with Gasteiger partial charge in [-0.05, 0) is 18.2 Å². The van der Waals surface area contributed by atoms with Crippen LogP contribution in [-0.4, -0.2) is 38.8 Å². The molecule has 0 aromatic heterocycles. The summed E-state index contributed by atoms with van der Waals surface area (Å²) in [7, 11) is -3.38. The zero-order valence-electron chi connectivity index (χ0n) is 10.9. The van der Waals surface area contributed by atoms with Crippen LogP contribution >= 0.6 is 0 Å². The second kappa shape index (κ2) is 6.31. The van der Waals surface area contributed by atoms with Crippen LogP contribution in [0.1, 0.15) is 15.9 Å². The number of nitrogens with one attached hydrogen (secondary N) is 2. The van der Waals surface area contributed by atoms with Crippen LogP contribution in [0.25, 0.3) is 0 Å². The highest BCUT2D eigenvalue weighted by Gasteiger charge is 2.35. The molecule has 0 aliphatic heterocycles. The Morgan fingerprint density at radius 3 is 2.38 bits per heavy atom. The standard InChI is InChI=1S/C11H13F3N2O4S/c1-21(19,20)16-5-4-15-7-2-3-8(10(17)18)9(6-7)11(12,13)14/h2-3,6,15-16H,4-5H2,1H3,(H,17,18). The SMILES string of the molecule is CS(=O)(=O)NCCNc1ccc(C(=O)O)c(C(F)(F)F)c1. The number of alkyl halides is 3. The van der Waals surface area contributed by atoms with E-state index in [4.69, 9.17) is 5.11 Å². The summed E-state index contributed by atoms with van der Waals surface area (Å²) in [6.45, 7) is 0.0393. The Morgan fingerprint density at radius 1 is 1.29 bits per heavy atom. The fraction of sp³-hybridized carbons (Fsp3) is 0.364. The number of halogens is 3. The molecule has 0 heterocycles. The van der Waals surface area contributed by atoms with Crippen molar-refractivity contribution in [1.82, 2.24) is 4.72 Å². The van der Waals surface area contributed by atoms with E-state index in [-0.39, 0.29) is 18.8 Å². The molecule has 1 aromatic carbocycles. The Labute approximate surface area is 119 Å². The lowest BCUT2D eigenvalue weighted by Crippen LogP contribution is -2.27. The van der Waals surface area contributed by atoms with Gasteiger partial charge in [-0.25, -0.2) is 17.9 Å². The lowest BCUT2D eigenvalue weighted by atomic mass is 10.1. The number of anilines is 1. The third kappa shape index (κ3) is 5.60. The quantitative estimate of drug-likeness (QED) is 0.686. The maximum atomic E-state index is 12.8. The average molecular weight is 326 g/mol. The molecule has 21 heavy (non-hydrogen) atoms. The van der Waals surface area contributed by atoms with Gasteiger partial charge in [-0.1, -0.05) is 0 Å². The van der Waals surface area contributed by atoms with E-state index in [9.17, 15) is 26.4 Å². The Balaban J connectivity index is 2.84. The summed E-state index contributed by atoms with van der Waals surface area (Å²) in [5, 5.41) is 11.3. The molecular formula is C11H13F3N2O4S. The molecule has 0 saturated carbocycles. The van der Waals surface area contributed by atoms with Gasteiger partial charge in [0.15, 0.2) is 0 Å². The first-order valence-electron chi connectivity index (χ1n) is 5.64. The minimum atomic E-state index is -4.80. The summed E-state index contributed by atoms with van der Waals surface area (Å²) in [5.41, 5.74) is -2.07. The number of benzene rings is 1. The van der Waals surface area contributed by atoms with Crippen molar-refractivity contribution in [2.24, 2.45) is 0 Å². The highest BCUT2D eigenvalue weighted by Crippen LogP contribution is 2.33. The van der Waals surface area contributed by atoms with Crippen LogP contribution in [-0.2, 0) is 16.2 Å². The van der Waals surface area contributed by atoms with Crippen LogP contribution < -0.4 is 10.0 Å². The predicted molar refractivity (Wildman–Crippen MR) is 69.7 cm³/mol. The molecule has 0 bridgehead atoms. The molecule has 0 unspecified atom stereocenters. The van der Waals surface area contributed by atoms with Crippen LogP contribution in [0.2, 0.25) is 0 Å². The largest absolute Gasteiger partial charge is 0.478 e. The van der Waals surface area contributed by atoms with Crippen LogP contribution in [0.5, 0.6) is 0 Å². The van der Waals surface area contributed by atoms with E-state index in [1.807, 2.05) is 0 Å². The number of sulfonamides is 1. The normalized spacial score (nSPS) is 12.2. The highest BCUT2D eigenvalue weighted by atomic mass is 32.2. The van der Waals surface area contributed by atoms with Crippen molar-refractivity contribution in [3.63, 3.8) is 0 Å². The Morgan fingerprint density at radius 2 is 1.90 bits per heavy atom. The van der Waals surface area contributed by atoms with Gasteiger partial charge in [0.25, 0.3) is 0 Å². The molecular weight excluding hydrogens is 313 g/mol. The van der Waals surface area contributed by atoms with Gasteiger partial charge >= 0.3 is 12.1 Å². The minimum absolute atomic E-state index is 0.0130. The van der Waals surface area contributed by atoms with Crippen molar-refractivity contribution in [2.45, 2.75) is 6.18 Å². The number of carboxylic acid groups (broad SMARTS) is 1. The summed E-state index contributed by atoms with van der Waals surface area (Å²) < 4.78 is 62.0. The second-order valence-electron chi connectivity index (χ2n) is 4.16. The zero-order chi connectivity index (χ0) is 16.3. The molecule has 6 nitrogen and oxygen atoms in total. The monoisotopic (exact) mass is 326 g/mol. The Kier molecular flexibility index (Phi) is 5.18. The predicted octanol–water partition coefficient (Wildman–Crippen LogP) is 1.36. The average Bonchev–Trinajstić information content (AvgIpc) is 2.32. The van der Waals surface area contributed by atoms with Gasteiger partial charge < -0.3 is 10.4 Å². The van der Waals surface area contributed by atoms with Crippen LogP contribution in [0, 0.1) is 0 Å². The van der Waals surface area contributed by atoms with Gasteiger partial charge in [0.1, 0.15) is 0 Å². The third-order valence-corrected chi connectivity index (χ3v) is 3.10. The molecule has 1 aromatic rings. The molecule has 0 spiro atoms. The molecule has 0 amide bonds. The van der Waals surface area contributed by atoms with E-state index in [2.05, 4.69) is 10.0 Å². The van der Waals surface area contributed by atoms with Crippen LogP contribution in [0.4, 0.5) is 18.9 Å². The first-order valence-corrected chi connectivity index (χ1v) is 7.53. The van der Waals surface area contributed by atoms with Gasteiger partial charge in [-0.3, -0.25) is 0 Å². The van der Waals surface area contributed by atoms with Crippen molar-refractivity contribution in [3.05, 3.63) is 29.3 Å². The van der Waals surface area contributed by atoms with E-state index >= 15 is 0 Å². The van der Waals surface area contributed by atoms with Crippen molar-refractivity contribution < 1.29 is 31.5 Å². The number of hydrogen-bond acceptors (Lipinski definition) is 4. The molecule has 0 fully saturated rings. The first-order chi connectivity index (χ1) is 9.50. The summed E-state index contributed by atoms with van der Waals surface area (Å²) in [6, 6.07) is 2.69. The number of rotatable bonds is 6. The van der Waals surface area contributed by atoms with Gasteiger partial charge in [0.05, 0.1) is 17.4 Å². The lowest BCUT2D eigenvalue weighted by molar-refractivity contribution is -0.138. The van der Waals surface area contributed by atoms with E-state index in [0.29, 0.717) is 6.07 Å². The van der Waals surface area contributed by atoms with E-state index in [1.165, 1.54) is 6.07 Å². The zero-order valence-corrected chi connectivity index (χ0v) is 11.7. The molecule has 0 atom stereocenters. The second-order valence-corrected chi connectivity index (χ2v) is 5.99. The van der Waals surface area contributed by atoms with Crippen LogP contribution in [0.3, 0.4) is 0 Å². The van der Waals surface area contributed by atoms with Gasteiger partial charge in [0.2, 0.25) is 10.0 Å². The van der Waals surface area contributed by atoms with E-state index in [1.54, 1.807) is 0 Å². The molecule has 0 radical (unpaired) electrons. The molecule has 0 saturated heterocycles. The fourth-order valence-electron chi connectivity index (χ4n) is 1.52. The summed E-state index contributed by atoms with van der Waals surface area (Å²) in [4.78, 5) is 10.8. The van der Waals surface area contributed by atoms with Gasteiger partial charge in [-0.2, -0.15) is 13.2 Å². The fourth-order valence-corrected chi connectivity index (χ4v) is 1.99. The Hall–Kier alpha value is -1.81. The lowest BCUT2D eigenvalue weighted by Gasteiger charge is -2.13. The minimum Gasteiger partial charge on any atom is -0.478 e. The third-order valence-electron chi connectivity index (χ3n) is 2.37. The maximum Gasteiger partial charge on any atom is 0.417 e. The number of aromatic carboxylic acids is 1. The molecule has 3 N–H and O–H groups in total. The number of carbonyl (C=O) groups is 1. The molecule has 118 valence electrons. The first kappa shape index (κ1) is 17.2. The molecule has 10 heteroatoms. The van der Waals surface area contributed by atoms with Crippen LogP contribution in [0.15, 0.2) is 18.2 Å². The van der Waals surface area contributed by atoms with Crippen molar-refractivity contribution >= 4 is 21.7 Å². The molecule has 0 aliphatic carbocycles. The number of hydrogen-bond donors (Lipinski definition) is 3. The summed E-state index contributed by atoms with van der Waals surface area (Å²) in [5.74, 6) is -1.67. The van der Waals surface area contributed by atoms with Crippen molar-refractivity contribution in [1.29, 1.82) is 0 Å². The Bertz CT molecular complexity index is 629. The summed E-state index contributed by atoms with van der Waals surface area (Å²) in [6.07, 6.45) is -3.84.